The number of rotatable bonds is 9. The molecule has 0 atom stereocenters. The first-order chi connectivity index (χ1) is 16.9. The summed E-state index contributed by atoms with van der Waals surface area (Å²) in [5.41, 5.74) is 1.20. The summed E-state index contributed by atoms with van der Waals surface area (Å²) >= 11 is 0. The van der Waals surface area contributed by atoms with E-state index in [1.54, 1.807) is 24.3 Å². The number of amides is 4. The average molecular weight is 481 g/mol. The molecular weight excluding hydrogens is 457 g/mol. The minimum absolute atomic E-state index is 0.0706. The van der Waals surface area contributed by atoms with Crippen LogP contribution in [-0.4, -0.2) is 36.7 Å². The van der Waals surface area contributed by atoms with E-state index < -0.39 is 22.8 Å². The molecule has 0 unspecified atom stereocenters. The minimum atomic E-state index is -0.556. The SMILES string of the molecule is CCOc1ccc(NC(=O)NCCN(C(=O)Nc2ccc([N+](=O)[O-])cc2)c2ccc(F)cc2)cc1. The Labute approximate surface area is 200 Å². The number of carbonyl (C=O) groups is 2. The number of ether oxygens (including phenoxy) is 1. The third-order valence-corrected chi connectivity index (χ3v) is 4.76. The zero-order valence-corrected chi connectivity index (χ0v) is 18.9. The highest BCUT2D eigenvalue weighted by atomic mass is 19.1. The number of hydrogen-bond donors (Lipinski definition) is 3. The molecule has 0 radical (unpaired) electrons. The number of nitro benzene ring substituents is 1. The lowest BCUT2D eigenvalue weighted by Crippen LogP contribution is -2.42. The number of nitro groups is 1. The number of benzene rings is 3. The smallest absolute Gasteiger partial charge is 0.326 e. The van der Waals surface area contributed by atoms with Crippen LogP contribution in [-0.2, 0) is 0 Å². The second-order valence-corrected chi connectivity index (χ2v) is 7.20. The van der Waals surface area contributed by atoms with Gasteiger partial charge in [-0.2, -0.15) is 0 Å². The van der Waals surface area contributed by atoms with Crippen molar-refractivity contribution in [2.24, 2.45) is 0 Å². The van der Waals surface area contributed by atoms with Crippen molar-refractivity contribution in [1.29, 1.82) is 0 Å². The lowest BCUT2D eigenvalue weighted by molar-refractivity contribution is -0.384. The highest BCUT2D eigenvalue weighted by molar-refractivity contribution is 6.01. The van der Waals surface area contributed by atoms with Gasteiger partial charge in [-0.3, -0.25) is 15.0 Å². The molecule has 0 aliphatic carbocycles. The Morgan fingerprint density at radius 1 is 0.943 bits per heavy atom. The number of halogens is 1. The van der Waals surface area contributed by atoms with E-state index in [9.17, 15) is 24.1 Å². The Bertz CT molecular complexity index is 1150. The molecule has 0 spiro atoms. The van der Waals surface area contributed by atoms with Gasteiger partial charge in [0.25, 0.3) is 5.69 Å². The third-order valence-electron chi connectivity index (χ3n) is 4.76. The van der Waals surface area contributed by atoms with Crippen molar-refractivity contribution in [2.75, 3.05) is 35.2 Å². The number of nitrogens with one attached hydrogen (secondary N) is 3. The highest BCUT2D eigenvalue weighted by Crippen LogP contribution is 2.19. The first-order valence-corrected chi connectivity index (χ1v) is 10.7. The summed E-state index contributed by atoms with van der Waals surface area (Å²) in [6.07, 6.45) is 0. The fraction of sp³-hybridized carbons (Fsp3) is 0.167. The molecule has 0 fully saturated rings. The van der Waals surface area contributed by atoms with Crippen molar-refractivity contribution >= 4 is 34.8 Å². The van der Waals surface area contributed by atoms with Crippen LogP contribution in [0.5, 0.6) is 5.75 Å². The van der Waals surface area contributed by atoms with E-state index in [-0.39, 0.29) is 18.8 Å². The van der Waals surface area contributed by atoms with Crippen LogP contribution in [0.2, 0.25) is 0 Å². The zero-order valence-electron chi connectivity index (χ0n) is 18.9. The minimum Gasteiger partial charge on any atom is -0.494 e. The second-order valence-electron chi connectivity index (χ2n) is 7.20. The van der Waals surface area contributed by atoms with Gasteiger partial charge in [-0.15, -0.1) is 0 Å². The summed E-state index contributed by atoms with van der Waals surface area (Å²) < 4.78 is 18.7. The number of urea groups is 2. The van der Waals surface area contributed by atoms with Gasteiger partial charge in [0, 0.05) is 42.3 Å². The van der Waals surface area contributed by atoms with E-state index in [2.05, 4.69) is 16.0 Å². The molecule has 182 valence electrons. The predicted octanol–water partition coefficient (Wildman–Crippen LogP) is 4.99. The predicted molar refractivity (Wildman–Crippen MR) is 130 cm³/mol. The normalized spacial score (nSPS) is 10.2. The van der Waals surface area contributed by atoms with Gasteiger partial charge in [-0.05, 0) is 67.6 Å². The molecule has 4 amide bonds. The summed E-state index contributed by atoms with van der Waals surface area (Å²) in [7, 11) is 0. The van der Waals surface area contributed by atoms with Crippen molar-refractivity contribution < 1.29 is 23.6 Å². The summed E-state index contributed by atoms with van der Waals surface area (Å²) in [6.45, 7) is 2.58. The molecule has 3 aromatic rings. The number of carbonyl (C=O) groups excluding carboxylic acids is 2. The van der Waals surface area contributed by atoms with Crippen LogP contribution >= 0.6 is 0 Å². The van der Waals surface area contributed by atoms with Gasteiger partial charge in [0.2, 0.25) is 0 Å². The largest absolute Gasteiger partial charge is 0.494 e. The summed E-state index contributed by atoms with van der Waals surface area (Å²) in [5, 5.41) is 18.8. The maximum atomic E-state index is 13.4. The standard InChI is InChI=1S/C24H24FN5O5/c1-2-35-22-13-7-18(8-14-22)27-23(31)26-15-16-29(20-9-3-17(25)4-10-20)24(32)28-19-5-11-21(12-6-19)30(33)34/h3-14H,2,15-16H2,1H3,(H,28,32)(H2,26,27,31). The zero-order chi connectivity index (χ0) is 25.2. The van der Waals surface area contributed by atoms with E-state index in [0.29, 0.717) is 29.4 Å². The maximum Gasteiger partial charge on any atom is 0.326 e. The van der Waals surface area contributed by atoms with Crippen molar-refractivity contribution in [2.45, 2.75) is 6.92 Å². The van der Waals surface area contributed by atoms with Crippen molar-refractivity contribution in [1.82, 2.24) is 5.32 Å². The molecule has 0 aromatic heterocycles. The number of hydrogen-bond acceptors (Lipinski definition) is 5. The Hall–Kier alpha value is -4.67. The van der Waals surface area contributed by atoms with E-state index in [4.69, 9.17) is 4.74 Å². The van der Waals surface area contributed by atoms with Gasteiger partial charge in [0.1, 0.15) is 11.6 Å². The van der Waals surface area contributed by atoms with Crippen LogP contribution in [0.1, 0.15) is 6.92 Å². The molecule has 3 aromatic carbocycles. The van der Waals surface area contributed by atoms with Crippen LogP contribution in [0.3, 0.4) is 0 Å². The summed E-state index contributed by atoms with van der Waals surface area (Å²) in [6, 6.07) is 16.5. The van der Waals surface area contributed by atoms with Crippen molar-refractivity contribution in [3.8, 4) is 5.75 Å². The summed E-state index contributed by atoms with van der Waals surface area (Å²) in [5.74, 6) is 0.227. The molecule has 0 aliphatic heterocycles. The molecule has 0 bridgehead atoms. The first kappa shape index (κ1) is 25.0. The molecule has 0 heterocycles. The van der Waals surface area contributed by atoms with Crippen LogP contribution in [0, 0.1) is 15.9 Å². The fourth-order valence-corrected chi connectivity index (χ4v) is 3.08. The van der Waals surface area contributed by atoms with Crippen molar-refractivity contribution in [3.63, 3.8) is 0 Å². The second kappa shape index (κ2) is 12.0. The number of anilines is 3. The molecular formula is C24H24FN5O5. The molecule has 3 N–H and O–H groups in total. The Kier molecular flexibility index (Phi) is 8.54. The highest BCUT2D eigenvalue weighted by Gasteiger charge is 2.17. The Morgan fingerprint density at radius 3 is 2.14 bits per heavy atom. The number of non-ortho nitro benzene ring substituents is 1. The number of nitrogens with zero attached hydrogens (tertiary/aromatic N) is 2. The van der Waals surface area contributed by atoms with Crippen molar-refractivity contribution in [3.05, 3.63) is 88.7 Å². The molecule has 35 heavy (non-hydrogen) atoms. The van der Waals surface area contributed by atoms with E-state index >= 15 is 0 Å². The van der Waals surface area contributed by atoms with Gasteiger partial charge in [-0.25, -0.2) is 14.0 Å². The fourth-order valence-electron chi connectivity index (χ4n) is 3.08. The Morgan fingerprint density at radius 2 is 1.54 bits per heavy atom. The van der Waals surface area contributed by atoms with Crippen LogP contribution in [0.4, 0.5) is 36.7 Å². The van der Waals surface area contributed by atoms with Gasteiger partial charge >= 0.3 is 12.1 Å². The van der Waals surface area contributed by atoms with Gasteiger partial charge in [0.15, 0.2) is 0 Å². The first-order valence-electron chi connectivity index (χ1n) is 10.7. The average Bonchev–Trinajstić information content (AvgIpc) is 2.84. The lowest BCUT2D eigenvalue weighted by Gasteiger charge is -2.23. The Balaban J connectivity index is 1.61. The molecule has 3 rings (SSSR count). The van der Waals surface area contributed by atoms with E-state index in [0.717, 1.165) is 0 Å². The van der Waals surface area contributed by atoms with E-state index in [1.807, 2.05) is 6.92 Å². The lowest BCUT2D eigenvalue weighted by atomic mass is 10.2. The summed E-state index contributed by atoms with van der Waals surface area (Å²) in [4.78, 5) is 36.8. The molecule has 0 aliphatic rings. The third kappa shape index (κ3) is 7.42. The molecule has 10 nitrogen and oxygen atoms in total. The van der Waals surface area contributed by atoms with Crippen LogP contribution in [0.15, 0.2) is 72.8 Å². The van der Waals surface area contributed by atoms with Crippen LogP contribution in [0.25, 0.3) is 0 Å². The van der Waals surface area contributed by atoms with Gasteiger partial charge < -0.3 is 20.7 Å². The van der Waals surface area contributed by atoms with Gasteiger partial charge in [-0.1, -0.05) is 0 Å². The maximum absolute atomic E-state index is 13.4. The molecule has 0 saturated carbocycles. The molecule has 11 heteroatoms. The molecule has 0 saturated heterocycles. The quantitative estimate of drug-likeness (QED) is 0.293. The van der Waals surface area contributed by atoms with E-state index in [1.165, 1.54) is 53.4 Å². The van der Waals surface area contributed by atoms with Crippen LogP contribution < -0.4 is 25.6 Å². The monoisotopic (exact) mass is 481 g/mol. The van der Waals surface area contributed by atoms with Gasteiger partial charge in [0.05, 0.1) is 11.5 Å². The topological polar surface area (TPSA) is 126 Å².